The van der Waals surface area contributed by atoms with Crippen LogP contribution in [0.1, 0.15) is 38.5 Å². The first-order valence-electron chi connectivity index (χ1n) is 12.2. The van der Waals surface area contributed by atoms with Crippen molar-refractivity contribution in [2.45, 2.75) is 44.6 Å². The first-order chi connectivity index (χ1) is 16.0. The van der Waals surface area contributed by atoms with Gasteiger partial charge in [-0.3, -0.25) is 19.3 Å². The molecule has 34 heavy (non-hydrogen) atoms. The van der Waals surface area contributed by atoms with E-state index in [2.05, 4.69) is 22.2 Å². The van der Waals surface area contributed by atoms with Crippen LogP contribution in [0.4, 0.5) is 0 Å². The predicted molar refractivity (Wildman–Crippen MR) is 125 cm³/mol. The summed E-state index contributed by atoms with van der Waals surface area (Å²) in [6, 6.07) is -0.923. The van der Waals surface area contributed by atoms with Crippen molar-refractivity contribution in [1.29, 1.82) is 0 Å². The molecule has 3 unspecified atom stereocenters. The van der Waals surface area contributed by atoms with E-state index in [1.54, 1.807) is 14.1 Å². The van der Waals surface area contributed by atoms with Gasteiger partial charge >= 0.3 is 11.9 Å². The first kappa shape index (κ1) is 26.4. The SMILES string of the molecule is CN(C)C=O.COC(=O)C12CC3CC(CC(C(=O)NC(CN4CCN(C)CC4)C(=O)O)(C3)C1)C2. The minimum atomic E-state index is -0.996. The number of methoxy groups -OCH3 is 1. The topological polar surface area (TPSA) is 119 Å². The molecule has 5 rings (SSSR count). The number of hydrogen-bond acceptors (Lipinski definition) is 7. The minimum absolute atomic E-state index is 0.179. The van der Waals surface area contributed by atoms with Crippen LogP contribution >= 0.6 is 0 Å². The van der Waals surface area contributed by atoms with Crippen LogP contribution in [0.5, 0.6) is 0 Å². The summed E-state index contributed by atoms with van der Waals surface area (Å²) >= 11 is 0. The highest BCUT2D eigenvalue weighted by molar-refractivity contribution is 5.89. The van der Waals surface area contributed by atoms with Crippen molar-refractivity contribution in [2.24, 2.45) is 22.7 Å². The second kappa shape index (κ2) is 10.6. The number of rotatable bonds is 7. The van der Waals surface area contributed by atoms with E-state index in [0.29, 0.717) is 24.8 Å². The van der Waals surface area contributed by atoms with Gasteiger partial charge < -0.3 is 25.0 Å². The van der Waals surface area contributed by atoms with Gasteiger partial charge in [0.2, 0.25) is 12.3 Å². The van der Waals surface area contributed by atoms with Gasteiger partial charge in [0, 0.05) is 46.8 Å². The number of piperazine rings is 1. The molecule has 1 heterocycles. The molecule has 1 saturated heterocycles. The number of amides is 2. The Morgan fingerprint density at radius 2 is 1.62 bits per heavy atom. The zero-order valence-corrected chi connectivity index (χ0v) is 20.9. The largest absolute Gasteiger partial charge is 0.480 e. The van der Waals surface area contributed by atoms with E-state index in [-0.39, 0.29) is 11.9 Å². The molecule has 0 aromatic carbocycles. The van der Waals surface area contributed by atoms with Crippen LogP contribution < -0.4 is 5.32 Å². The number of carbonyl (C=O) groups is 4. The number of aliphatic carboxylic acids is 1. The van der Waals surface area contributed by atoms with Crippen LogP contribution in [-0.4, -0.2) is 111 Å². The summed E-state index contributed by atoms with van der Waals surface area (Å²) in [6.07, 6.45) is 5.43. The number of hydrogen-bond donors (Lipinski definition) is 2. The Morgan fingerprint density at radius 1 is 1.09 bits per heavy atom. The Labute approximate surface area is 201 Å². The number of esters is 1. The number of nitrogens with zero attached hydrogens (tertiary/aromatic N) is 3. The fraction of sp³-hybridized carbons (Fsp3) is 0.833. The van der Waals surface area contributed by atoms with Gasteiger partial charge in [0.25, 0.3) is 0 Å². The van der Waals surface area contributed by atoms with Gasteiger partial charge in [-0.2, -0.15) is 0 Å². The van der Waals surface area contributed by atoms with Gasteiger partial charge in [-0.15, -0.1) is 0 Å². The molecule has 0 aromatic heterocycles. The lowest BCUT2D eigenvalue weighted by Gasteiger charge is -2.59. The Bertz CT molecular complexity index is 765. The zero-order valence-electron chi connectivity index (χ0n) is 20.9. The molecule has 0 radical (unpaired) electrons. The molecule has 5 fully saturated rings. The average Bonchev–Trinajstić information content (AvgIpc) is 2.78. The number of ether oxygens (including phenoxy) is 1. The molecule has 0 spiro atoms. The summed E-state index contributed by atoms with van der Waals surface area (Å²) in [6.45, 7) is 3.72. The van der Waals surface area contributed by atoms with E-state index in [4.69, 9.17) is 4.74 Å². The quantitative estimate of drug-likeness (QED) is 0.394. The van der Waals surface area contributed by atoms with Gasteiger partial charge in [-0.25, -0.2) is 4.79 Å². The van der Waals surface area contributed by atoms with Crippen molar-refractivity contribution in [1.82, 2.24) is 20.0 Å². The lowest BCUT2D eigenvalue weighted by atomic mass is 9.44. The number of likely N-dealkylation sites (N-methyl/N-ethyl adjacent to an activating group) is 1. The molecule has 5 aliphatic rings. The molecule has 192 valence electrons. The monoisotopic (exact) mass is 480 g/mol. The maximum absolute atomic E-state index is 13.4. The van der Waals surface area contributed by atoms with E-state index < -0.39 is 22.8 Å². The Kier molecular flexibility index (Phi) is 8.23. The summed E-state index contributed by atoms with van der Waals surface area (Å²) in [7, 11) is 6.85. The summed E-state index contributed by atoms with van der Waals surface area (Å²) in [5, 5.41) is 12.6. The van der Waals surface area contributed by atoms with Gasteiger partial charge in [0.05, 0.1) is 17.9 Å². The van der Waals surface area contributed by atoms with E-state index in [0.717, 1.165) is 64.7 Å². The van der Waals surface area contributed by atoms with Crippen LogP contribution in [0.15, 0.2) is 0 Å². The molecule has 4 saturated carbocycles. The van der Waals surface area contributed by atoms with Crippen molar-refractivity contribution in [3.8, 4) is 0 Å². The number of nitrogens with one attached hydrogen (secondary N) is 1. The maximum atomic E-state index is 13.4. The molecule has 1 aliphatic heterocycles. The zero-order chi connectivity index (χ0) is 25.1. The van der Waals surface area contributed by atoms with Gasteiger partial charge in [-0.1, -0.05) is 0 Å². The molecule has 10 nitrogen and oxygen atoms in total. The van der Waals surface area contributed by atoms with E-state index in [9.17, 15) is 24.3 Å². The van der Waals surface area contributed by atoms with Crippen LogP contribution in [0.2, 0.25) is 0 Å². The highest BCUT2D eigenvalue weighted by Crippen LogP contribution is 2.65. The summed E-state index contributed by atoms with van der Waals surface area (Å²) < 4.78 is 5.11. The fourth-order valence-corrected chi connectivity index (χ4v) is 6.77. The van der Waals surface area contributed by atoms with Crippen molar-refractivity contribution in [2.75, 3.05) is 61.0 Å². The minimum Gasteiger partial charge on any atom is -0.480 e. The van der Waals surface area contributed by atoms with Crippen LogP contribution in [-0.2, 0) is 23.9 Å². The first-order valence-corrected chi connectivity index (χ1v) is 12.2. The Morgan fingerprint density at radius 3 is 2.09 bits per heavy atom. The average molecular weight is 481 g/mol. The Balaban J connectivity index is 0.000000588. The maximum Gasteiger partial charge on any atom is 0.327 e. The normalized spacial score (nSPS) is 33.3. The van der Waals surface area contributed by atoms with Crippen molar-refractivity contribution >= 4 is 24.3 Å². The number of carboxylic acids is 1. The fourth-order valence-electron chi connectivity index (χ4n) is 6.77. The van der Waals surface area contributed by atoms with Gasteiger partial charge in [-0.05, 0) is 57.4 Å². The van der Waals surface area contributed by atoms with Crippen molar-refractivity contribution in [3.63, 3.8) is 0 Å². The third-order valence-corrected chi connectivity index (χ3v) is 8.01. The molecule has 10 heteroatoms. The van der Waals surface area contributed by atoms with E-state index in [1.807, 2.05) is 0 Å². The lowest BCUT2D eigenvalue weighted by molar-refractivity contribution is -0.182. The second-order valence-corrected chi connectivity index (χ2v) is 11.1. The third-order valence-electron chi connectivity index (χ3n) is 8.01. The number of carbonyl (C=O) groups excluding carboxylic acids is 3. The van der Waals surface area contributed by atoms with Crippen LogP contribution in [0.25, 0.3) is 0 Å². The van der Waals surface area contributed by atoms with Gasteiger partial charge in [0.1, 0.15) is 6.04 Å². The smallest absolute Gasteiger partial charge is 0.327 e. The van der Waals surface area contributed by atoms with Crippen LogP contribution in [0, 0.1) is 22.7 Å². The van der Waals surface area contributed by atoms with E-state index in [1.165, 1.54) is 12.0 Å². The molecular weight excluding hydrogens is 440 g/mol. The van der Waals surface area contributed by atoms with Crippen molar-refractivity contribution < 1.29 is 29.0 Å². The second-order valence-electron chi connectivity index (χ2n) is 11.1. The summed E-state index contributed by atoms with van der Waals surface area (Å²) in [5.41, 5.74) is -1.19. The molecule has 2 amide bonds. The highest BCUT2D eigenvalue weighted by Gasteiger charge is 2.63. The molecule has 3 atom stereocenters. The van der Waals surface area contributed by atoms with Crippen LogP contribution in [0.3, 0.4) is 0 Å². The molecule has 2 N–H and O–H groups in total. The lowest BCUT2D eigenvalue weighted by Crippen LogP contribution is -2.62. The van der Waals surface area contributed by atoms with E-state index >= 15 is 0 Å². The number of carboxylic acid groups (broad SMARTS) is 1. The highest BCUT2D eigenvalue weighted by atomic mass is 16.5. The predicted octanol–water partition coefficient (Wildman–Crippen LogP) is 0.267. The van der Waals surface area contributed by atoms with Crippen molar-refractivity contribution in [3.05, 3.63) is 0 Å². The molecule has 4 aliphatic carbocycles. The van der Waals surface area contributed by atoms with Gasteiger partial charge in [0.15, 0.2) is 0 Å². The molecule has 0 aromatic rings. The molecule has 4 bridgehead atoms. The Hall–Kier alpha value is -2.20. The standard InChI is InChI=1S/C21H33N3O5.C3H7NO/c1-23-3-5-24(6-4-23)12-16(17(25)26)22-18(27)20-8-14-7-15(9-20)11-21(10-14,13-20)19(28)29-2;1-4(2)3-5/h14-16H,3-13H2,1-2H3,(H,22,27)(H,25,26);3H,1-2H3. The molecular formula is C24H40N4O6. The third kappa shape index (κ3) is 5.71. The summed E-state index contributed by atoms with van der Waals surface area (Å²) in [5.74, 6) is -0.675. The summed E-state index contributed by atoms with van der Waals surface area (Å²) in [4.78, 5) is 53.1.